The number of anilines is 1. The van der Waals surface area contributed by atoms with Gasteiger partial charge in [0.15, 0.2) is 5.75 Å². The monoisotopic (exact) mass is 359 g/mol. The molecule has 0 radical (unpaired) electrons. The summed E-state index contributed by atoms with van der Waals surface area (Å²) >= 11 is 0. The molecule has 11 heteroatoms. The Morgan fingerprint density at radius 3 is 2.52 bits per heavy atom. The van der Waals surface area contributed by atoms with E-state index in [1.807, 2.05) is 0 Å². The Morgan fingerprint density at radius 1 is 1.12 bits per heavy atom. The number of ether oxygens (including phenoxy) is 3. The van der Waals surface area contributed by atoms with Crippen molar-refractivity contribution >= 4 is 11.6 Å². The van der Waals surface area contributed by atoms with E-state index in [9.17, 15) is 30.4 Å². The Balaban J connectivity index is 1.80. The number of carbonyl (C=O) groups is 1. The second kappa shape index (κ2) is 6.72. The molecule has 25 heavy (non-hydrogen) atoms. The van der Waals surface area contributed by atoms with Gasteiger partial charge in [-0.3, -0.25) is 10.0 Å². The summed E-state index contributed by atoms with van der Waals surface area (Å²) in [5, 5.41) is 57.8. The maximum Gasteiger partial charge on any atom is 0.320 e. The SMILES string of the molecule is O=C1C(O)Oc2cc(O[C@@H]3O[C@H](CO)[C@@H](O)[C@H](O)[C@H]3O)ccc2N1O. The van der Waals surface area contributed by atoms with E-state index in [0.29, 0.717) is 0 Å². The molecule has 3 rings (SSSR count). The van der Waals surface area contributed by atoms with Gasteiger partial charge >= 0.3 is 5.91 Å². The fourth-order valence-electron chi connectivity index (χ4n) is 2.53. The van der Waals surface area contributed by atoms with E-state index >= 15 is 0 Å². The van der Waals surface area contributed by atoms with Gasteiger partial charge in [0.05, 0.1) is 6.61 Å². The Morgan fingerprint density at radius 2 is 1.84 bits per heavy atom. The number of aliphatic hydroxyl groups is 5. The molecule has 2 heterocycles. The molecule has 6 N–H and O–H groups in total. The third-order valence-electron chi connectivity index (χ3n) is 3.92. The number of aliphatic hydroxyl groups excluding tert-OH is 5. The molecule has 1 aromatic carbocycles. The van der Waals surface area contributed by atoms with Crippen molar-refractivity contribution in [2.75, 3.05) is 11.7 Å². The van der Waals surface area contributed by atoms with E-state index in [4.69, 9.17) is 19.3 Å². The third kappa shape index (κ3) is 3.14. The molecule has 1 aromatic rings. The first-order valence-corrected chi connectivity index (χ1v) is 7.32. The van der Waals surface area contributed by atoms with Crippen molar-refractivity contribution in [3.05, 3.63) is 18.2 Å². The van der Waals surface area contributed by atoms with Crippen molar-refractivity contribution in [2.24, 2.45) is 0 Å². The van der Waals surface area contributed by atoms with Crippen molar-refractivity contribution in [3.8, 4) is 11.5 Å². The van der Waals surface area contributed by atoms with Crippen LogP contribution in [-0.4, -0.2) is 80.2 Å². The van der Waals surface area contributed by atoms with Crippen LogP contribution in [0.1, 0.15) is 0 Å². The Labute approximate surface area is 140 Å². The predicted molar refractivity (Wildman–Crippen MR) is 76.7 cm³/mol. The molecule has 1 unspecified atom stereocenters. The second-order valence-electron chi connectivity index (χ2n) is 5.56. The van der Waals surface area contributed by atoms with E-state index < -0.39 is 49.5 Å². The summed E-state index contributed by atoms with van der Waals surface area (Å²) in [5.41, 5.74) is -0.0311. The van der Waals surface area contributed by atoms with Gasteiger partial charge < -0.3 is 39.7 Å². The van der Waals surface area contributed by atoms with Gasteiger partial charge in [-0.25, -0.2) is 0 Å². The van der Waals surface area contributed by atoms with Crippen molar-refractivity contribution in [1.29, 1.82) is 0 Å². The number of nitrogens with zero attached hydrogens (tertiary/aromatic N) is 1. The summed E-state index contributed by atoms with van der Waals surface area (Å²) in [6.07, 6.45) is -9.15. The first-order chi connectivity index (χ1) is 11.8. The highest BCUT2D eigenvalue weighted by Crippen LogP contribution is 2.36. The maximum atomic E-state index is 11.4. The lowest BCUT2D eigenvalue weighted by Gasteiger charge is -2.39. The van der Waals surface area contributed by atoms with Crippen LogP contribution in [0, 0.1) is 0 Å². The molecule has 0 aliphatic carbocycles. The zero-order valence-corrected chi connectivity index (χ0v) is 12.7. The number of hydroxylamine groups is 1. The average molecular weight is 359 g/mol. The van der Waals surface area contributed by atoms with Crippen molar-refractivity contribution < 1.29 is 49.7 Å². The van der Waals surface area contributed by atoms with E-state index in [1.54, 1.807) is 0 Å². The number of rotatable bonds is 3. The number of carbonyl (C=O) groups excluding carboxylic acids is 1. The Kier molecular flexibility index (Phi) is 4.79. The van der Waals surface area contributed by atoms with Crippen molar-refractivity contribution in [1.82, 2.24) is 0 Å². The van der Waals surface area contributed by atoms with E-state index in [0.717, 1.165) is 0 Å². The summed E-state index contributed by atoms with van der Waals surface area (Å²) in [6, 6.07) is 3.80. The first kappa shape index (κ1) is 17.8. The van der Waals surface area contributed by atoms with Crippen LogP contribution in [0.3, 0.4) is 0 Å². The summed E-state index contributed by atoms with van der Waals surface area (Å²) in [5.74, 6) is -1.08. The van der Waals surface area contributed by atoms with E-state index in [1.165, 1.54) is 18.2 Å². The van der Waals surface area contributed by atoms with Crippen LogP contribution in [0.25, 0.3) is 0 Å². The highest BCUT2D eigenvalue weighted by Gasteiger charge is 2.45. The van der Waals surface area contributed by atoms with Gasteiger partial charge in [-0.2, -0.15) is 5.06 Å². The quantitative estimate of drug-likeness (QED) is 0.312. The Bertz CT molecular complexity index is 652. The van der Waals surface area contributed by atoms with E-state index in [-0.39, 0.29) is 22.2 Å². The molecule has 1 amide bonds. The average Bonchev–Trinajstić information content (AvgIpc) is 2.60. The molecule has 11 nitrogen and oxygen atoms in total. The van der Waals surface area contributed by atoms with Crippen molar-refractivity contribution in [2.45, 2.75) is 37.0 Å². The minimum atomic E-state index is -1.89. The first-order valence-electron chi connectivity index (χ1n) is 7.32. The largest absolute Gasteiger partial charge is 0.462 e. The van der Waals surface area contributed by atoms with Crippen LogP contribution in [-0.2, 0) is 9.53 Å². The fourth-order valence-corrected chi connectivity index (χ4v) is 2.53. The third-order valence-corrected chi connectivity index (χ3v) is 3.92. The highest BCUT2D eigenvalue weighted by molar-refractivity contribution is 5.97. The normalized spacial score (nSPS) is 35.1. The molecule has 2 aliphatic rings. The Hall–Kier alpha value is -1.99. The lowest BCUT2D eigenvalue weighted by molar-refractivity contribution is -0.277. The fraction of sp³-hybridized carbons (Fsp3) is 0.500. The van der Waals surface area contributed by atoms with Crippen LogP contribution in [0.15, 0.2) is 18.2 Å². The van der Waals surface area contributed by atoms with E-state index in [2.05, 4.69) is 0 Å². The van der Waals surface area contributed by atoms with Gasteiger partial charge in [0.1, 0.15) is 35.9 Å². The molecule has 0 bridgehead atoms. The smallest absolute Gasteiger partial charge is 0.320 e. The van der Waals surface area contributed by atoms with Crippen LogP contribution >= 0.6 is 0 Å². The molecule has 2 aliphatic heterocycles. The zero-order chi connectivity index (χ0) is 18.3. The summed E-state index contributed by atoms with van der Waals surface area (Å²) < 4.78 is 15.5. The molecule has 0 saturated carbocycles. The molecule has 0 aromatic heterocycles. The second-order valence-corrected chi connectivity index (χ2v) is 5.56. The van der Waals surface area contributed by atoms with Crippen LogP contribution in [0.2, 0.25) is 0 Å². The number of hydrogen-bond donors (Lipinski definition) is 6. The zero-order valence-electron chi connectivity index (χ0n) is 12.7. The van der Waals surface area contributed by atoms with Crippen LogP contribution < -0.4 is 14.5 Å². The number of hydrogen-bond acceptors (Lipinski definition) is 10. The minimum Gasteiger partial charge on any atom is -0.462 e. The number of benzene rings is 1. The van der Waals surface area contributed by atoms with Gasteiger partial charge in [0.25, 0.3) is 6.29 Å². The number of fused-ring (bicyclic) bond motifs is 1. The van der Waals surface area contributed by atoms with Gasteiger partial charge in [-0.15, -0.1) is 0 Å². The number of amides is 1. The molecular weight excluding hydrogens is 342 g/mol. The summed E-state index contributed by atoms with van der Waals surface area (Å²) in [4.78, 5) is 11.4. The maximum absolute atomic E-state index is 11.4. The minimum absolute atomic E-state index is 0.0311. The highest BCUT2D eigenvalue weighted by atomic mass is 16.7. The molecule has 6 atom stereocenters. The summed E-state index contributed by atoms with van der Waals surface area (Å²) in [7, 11) is 0. The lowest BCUT2D eigenvalue weighted by Crippen LogP contribution is -2.60. The van der Waals surface area contributed by atoms with Gasteiger partial charge in [0.2, 0.25) is 6.29 Å². The molecule has 0 spiro atoms. The van der Waals surface area contributed by atoms with Crippen molar-refractivity contribution in [3.63, 3.8) is 0 Å². The molecule has 1 fully saturated rings. The molecule has 138 valence electrons. The lowest BCUT2D eigenvalue weighted by atomic mass is 9.99. The standard InChI is InChI=1S/C14H17NO10/c16-4-8-9(17)10(18)11(19)14(25-8)23-5-1-2-6-7(3-5)24-13(21)12(20)15(6)22/h1-3,8-11,13-14,16-19,21-22H,4H2/t8-,9-,10+,11-,13?,14-/m1/s1. The van der Waals surface area contributed by atoms with Gasteiger partial charge in [0, 0.05) is 6.07 Å². The van der Waals surface area contributed by atoms with Gasteiger partial charge in [-0.1, -0.05) is 0 Å². The van der Waals surface area contributed by atoms with Crippen LogP contribution in [0.4, 0.5) is 5.69 Å². The molecular formula is C14H17NO10. The van der Waals surface area contributed by atoms with Crippen LogP contribution in [0.5, 0.6) is 11.5 Å². The molecule has 1 saturated heterocycles. The van der Waals surface area contributed by atoms with Gasteiger partial charge in [-0.05, 0) is 12.1 Å². The summed E-state index contributed by atoms with van der Waals surface area (Å²) in [6.45, 7) is -0.605. The predicted octanol–water partition coefficient (Wildman–Crippen LogP) is -2.70. The topological polar surface area (TPSA) is 169 Å².